The minimum atomic E-state index is -0.425. The lowest BCUT2D eigenvalue weighted by Gasteiger charge is -2.34. The maximum Gasteiger partial charge on any atom is 0.246 e. The lowest BCUT2D eigenvalue weighted by molar-refractivity contribution is -0.132. The van der Waals surface area contributed by atoms with Crippen molar-refractivity contribution in [2.24, 2.45) is 11.3 Å². The molecule has 0 spiro atoms. The van der Waals surface area contributed by atoms with Gasteiger partial charge in [0.2, 0.25) is 11.8 Å². The summed E-state index contributed by atoms with van der Waals surface area (Å²) in [6.07, 6.45) is 10.8. The second-order valence-corrected chi connectivity index (χ2v) is 12.1. The number of carbonyl (C=O) groups is 2. The largest absolute Gasteiger partial charge is 0.341 e. The summed E-state index contributed by atoms with van der Waals surface area (Å²) in [6.45, 7) is 7.23. The number of rotatable bonds is 7. The summed E-state index contributed by atoms with van der Waals surface area (Å²) < 4.78 is 4.30. The van der Waals surface area contributed by atoms with Crippen molar-refractivity contribution < 1.29 is 9.59 Å². The SMILES string of the molecule is CC1(C)CN(C(=O)CCC2CCC2)CCN(C(C(=O)Nc2ccc3c(c2)CCC3)c2cnsc2)C1. The third kappa shape index (κ3) is 5.78. The van der Waals surface area contributed by atoms with Gasteiger partial charge in [-0.3, -0.25) is 14.5 Å². The fourth-order valence-electron chi connectivity index (χ4n) is 5.96. The molecule has 1 atom stereocenters. The van der Waals surface area contributed by atoms with Crippen LogP contribution in [0.2, 0.25) is 0 Å². The van der Waals surface area contributed by atoms with E-state index in [0.717, 1.165) is 49.5 Å². The Balaban J connectivity index is 1.31. The van der Waals surface area contributed by atoms with Crippen molar-refractivity contribution >= 4 is 29.0 Å². The van der Waals surface area contributed by atoms with Gasteiger partial charge < -0.3 is 10.2 Å². The fraction of sp³-hybridized carbons (Fsp3) is 0.607. The Morgan fingerprint density at radius 2 is 1.97 bits per heavy atom. The topological polar surface area (TPSA) is 65.5 Å². The van der Waals surface area contributed by atoms with Crippen LogP contribution < -0.4 is 5.32 Å². The number of nitrogens with zero attached hydrogens (tertiary/aromatic N) is 3. The summed E-state index contributed by atoms with van der Waals surface area (Å²) in [5.74, 6) is 0.987. The fourth-order valence-corrected chi connectivity index (χ4v) is 6.52. The maximum absolute atomic E-state index is 13.7. The number of aryl methyl sites for hydroxylation is 2. The van der Waals surface area contributed by atoms with Crippen molar-refractivity contribution in [3.05, 3.63) is 46.5 Å². The molecule has 2 aromatic rings. The van der Waals surface area contributed by atoms with Gasteiger partial charge in [0.15, 0.2) is 0 Å². The van der Waals surface area contributed by atoms with Crippen LogP contribution in [-0.2, 0) is 22.4 Å². The van der Waals surface area contributed by atoms with Crippen LogP contribution in [0.5, 0.6) is 0 Å². The lowest BCUT2D eigenvalue weighted by atomic mass is 9.82. The van der Waals surface area contributed by atoms with Gasteiger partial charge in [-0.2, -0.15) is 0 Å². The number of hydrogen-bond donors (Lipinski definition) is 1. The number of amides is 2. The van der Waals surface area contributed by atoms with Gasteiger partial charge >= 0.3 is 0 Å². The summed E-state index contributed by atoms with van der Waals surface area (Å²) in [5, 5.41) is 5.18. The smallest absolute Gasteiger partial charge is 0.246 e. The molecule has 2 amide bonds. The van der Waals surface area contributed by atoms with Crippen molar-refractivity contribution in [2.75, 3.05) is 31.5 Å². The van der Waals surface area contributed by atoms with Gasteiger partial charge in [-0.25, -0.2) is 4.37 Å². The monoisotopic (exact) mass is 494 g/mol. The zero-order chi connectivity index (χ0) is 24.4. The van der Waals surface area contributed by atoms with Crippen LogP contribution in [0, 0.1) is 11.3 Å². The highest BCUT2D eigenvalue weighted by Gasteiger charge is 2.37. The van der Waals surface area contributed by atoms with Gasteiger partial charge in [0.1, 0.15) is 6.04 Å². The molecule has 188 valence electrons. The van der Waals surface area contributed by atoms with Crippen LogP contribution in [-0.4, -0.2) is 52.2 Å². The number of nitrogens with one attached hydrogen (secondary N) is 1. The standard InChI is InChI=1S/C28H38N4O2S/c1-28(2)18-31(25(33)12-9-20-5-3-6-20)13-14-32(19-28)26(23-16-29-35-17-23)27(34)30-24-11-10-21-7-4-8-22(21)15-24/h10-11,15-17,20,26H,3-9,12-14,18-19H2,1-2H3,(H,30,34). The van der Waals surface area contributed by atoms with Crippen LogP contribution in [0.1, 0.15) is 75.1 Å². The van der Waals surface area contributed by atoms with Crippen molar-refractivity contribution in [3.63, 3.8) is 0 Å². The highest BCUT2D eigenvalue weighted by molar-refractivity contribution is 7.03. The number of benzene rings is 1. The molecule has 0 bridgehead atoms. The molecule has 35 heavy (non-hydrogen) atoms. The average Bonchev–Trinajstić information content (AvgIpc) is 3.44. The Morgan fingerprint density at radius 1 is 1.14 bits per heavy atom. The lowest BCUT2D eigenvalue weighted by Crippen LogP contribution is -2.42. The van der Waals surface area contributed by atoms with E-state index in [1.807, 2.05) is 22.5 Å². The quantitative estimate of drug-likeness (QED) is 0.584. The molecular weight excluding hydrogens is 456 g/mol. The van der Waals surface area contributed by atoms with Crippen LogP contribution >= 0.6 is 11.5 Å². The van der Waals surface area contributed by atoms with Crippen molar-refractivity contribution in [2.45, 2.75) is 71.3 Å². The first-order valence-electron chi connectivity index (χ1n) is 13.2. The zero-order valence-electron chi connectivity index (χ0n) is 21.1. The van der Waals surface area contributed by atoms with Gasteiger partial charge in [-0.15, -0.1) is 0 Å². The van der Waals surface area contributed by atoms with E-state index in [4.69, 9.17) is 0 Å². The Labute approximate surface area is 213 Å². The van der Waals surface area contributed by atoms with Crippen LogP contribution in [0.15, 0.2) is 29.8 Å². The van der Waals surface area contributed by atoms with Gasteiger partial charge in [0.25, 0.3) is 0 Å². The molecule has 1 aromatic heterocycles. The van der Waals surface area contributed by atoms with E-state index in [0.29, 0.717) is 19.5 Å². The predicted octanol–water partition coefficient (Wildman–Crippen LogP) is 5.06. The molecule has 1 saturated heterocycles. The zero-order valence-corrected chi connectivity index (χ0v) is 21.9. The summed E-state index contributed by atoms with van der Waals surface area (Å²) >= 11 is 1.38. The van der Waals surface area contributed by atoms with Gasteiger partial charge in [-0.05, 0) is 71.8 Å². The van der Waals surface area contributed by atoms with E-state index in [1.165, 1.54) is 48.3 Å². The molecule has 2 heterocycles. The molecule has 1 unspecified atom stereocenters. The Bertz CT molecular complexity index is 1050. The number of hydrogen-bond acceptors (Lipinski definition) is 5. The first kappa shape index (κ1) is 24.4. The minimum absolute atomic E-state index is 0.0243. The average molecular weight is 495 g/mol. The van der Waals surface area contributed by atoms with E-state index < -0.39 is 6.04 Å². The molecule has 3 aliphatic rings. The van der Waals surface area contributed by atoms with Crippen LogP contribution in [0.4, 0.5) is 5.69 Å². The molecule has 1 aromatic carbocycles. The van der Waals surface area contributed by atoms with Crippen molar-refractivity contribution in [1.29, 1.82) is 0 Å². The van der Waals surface area contributed by atoms with E-state index in [1.54, 1.807) is 0 Å². The van der Waals surface area contributed by atoms with E-state index in [9.17, 15) is 9.59 Å². The first-order valence-corrected chi connectivity index (χ1v) is 14.1. The summed E-state index contributed by atoms with van der Waals surface area (Å²) in [4.78, 5) is 31.1. The number of anilines is 1. The summed E-state index contributed by atoms with van der Waals surface area (Å²) in [6, 6.07) is 5.89. The molecule has 2 aliphatic carbocycles. The molecule has 5 rings (SSSR count). The third-order valence-corrected chi connectivity index (χ3v) is 8.60. The summed E-state index contributed by atoms with van der Waals surface area (Å²) in [5.41, 5.74) is 4.43. The van der Waals surface area contributed by atoms with E-state index in [2.05, 4.69) is 40.6 Å². The molecule has 1 aliphatic heterocycles. The highest BCUT2D eigenvalue weighted by Crippen LogP contribution is 2.33. The van der Waals surface area contributed by atoms with Crippen molar-refractivity contribution in [1.82, 2.24) is 14.2 Å². The third-order valence-electron chi connectivity index (χ3n) is 8.00. The second-order valence-electron chi connectivity index (χ2n) is 11.5. The second kappa shape index (κ2) is 10.4. The van der Waals surface area contributed by atoms with E-state index in [-0.39, 0.29) is 17.2 Å². The Hall–Kier alpha value is -2.25. The normalized spacial score (nSPS) is 21.1. The number of aromatic nitrogens is 1. The molecule has 7 heteroatoms. The molecule has 1 saturated carbocycles. The molecule has 6 nitrogen and oxygen atoms in total. The number of carbonyl (C=O) groups excluding carboxylic acids is 2. The number of fused-ring (bicyclic) bond motifs is 1. The highest BCUT2D eigenvalue weighted by atomic mass is 32.1. The first-order chi connectivity index (χ1) is 16.9. The Kier molecular flexibility index (Phi) is 7.26. The predicted molar refractivity (Wildman–Crippen MR) is 140 cm³/mol. The maximum atomic E-state index is 13.7. The van der Waals surface area contributed by atoms with Crippen LogP contribution in [0.3, 0.4) is 0 Å². The molecule has 0 radical (unpaired) electrons. The van der Waals surface area contributed by atoms with Gasteiger partial charge in [0.05, 0.1) is 0 Å². The van der Waals surface area contributed by atoms with Crippen LogP contribution in [0.25, 0.3) is 0 Å². The Morgan fingerprint density at radius 3 is 2.71 bits per heavy atom. The van der Waals surface area contributed by atoms with Gasteiger partial charge in [0, 0.05) is 55.4 Å². The molecule has 2 fully saturated rings. The van der Waals surface area contributed by atoms with Gasteiger partial charge in [-0.1, -0.05) is 39.2 Å². The minimum Gasteiger partial charge on any atom is -0.341 e. The molecule has 1 N–H and O–H groups in total. The van der Waals surface area contributed by atoms with E-state index >= 15 is 0 Å². The molecular formula is C28H38N4O2S. The van der Waals surface area contributed by atoms with Crippen molar-refractivity contribution in [3.8, 4) is 0 Å². The summed E-state index contributed by atoms with van der Waals surface area (Å²) in [7, 11) is 0.